The predicted octanol–water partition coefficient (Wildman–Crippen LogP) is 2.72. The third-order valence-electron chi connectivity index (χ3n) is 2.41. The van der Waals surface area contributed by atoms with Crippen LogP contribution in [0.15, 0.2) is 18.2 Å². The molecule has 1 rings (SSSR count). The maximum atomic E-state index is 12.0. The Morgan fingerprint density at radius 3 is 2.50 bits per heavy atom. The third kappa shape index (κ3) is 4.37. The van der Waals surface area contributed by atoms with Crippen LogP contribution in [-0.2, 0) is 9.53 Å². The van der Waals surface area contributed by atoms with Gasteiger partial charge in [0.1, 0.15) is 6.10 Å². The first kappa shape index (κ1) is 14.5. The van der Waals surface area contributed by atoms with Crippen molar-refractivity contribution in [2.45, 2.75) is 46.3 Å². The average molecular weight is 250 g/mol. The Morgan fingerprint density at radius 2 is 2.00 bits per heavy atom. The lowest BCUT2D eigenvalue weighted by Crippen LogP contribution is -2.34. The molecule has 3 N–H and O–H groups in total. The summed E-state index contributed by atoms with van der Waals surface area (Å²) in [4.78, 5) is 12.0. The van der Waals surface area contributed by atoms with Crippen LogP contribution in [0.2, 0.25) is 0 Å². The summed E-state index contributed by atoms with van der Waals surface area (Å²) in [5, 5.41) is 2.84. The molecule has 0 aliphatic carbocycles. The second kappa shape index (κ2) is 5.40. The zero-order valence-electron chi connectivity index (χ0n) is 11.7. The number of amides is 1. The van der Waals surface area contributed by atoms with Crippen molar-refractivity contribution in [1.82, 2.24) is 0 Å². The van der Waals surface area contributed by atoms with Gasteiger partial charge in [-0.1, -0.05) is 0 Å². The number of carbonyl (C=O) groups excluding carboxylic acids is 1. The molecule has 4 heteroatoms. The van der Waals surface area contributed by atoms with Gasteiger partial charge in [-0.05, 0) is 58.4 Å². The van der Waals surface area contributed by atoms with Crippen LogP contribution in [0.3, 0.4) is 0 Å². The summed E-state index contributed by atoms with van der Waals surface area (Å²) in [6, 6.07) is 5.38. The smallest absolute Gasteiger partial charge is 0.253 e. The molecule has 0 aliphatic heterocycles. The molecule has 0 saturated carbocycles. The van der Waals surface area contributed by atoms with Crippen molar-refractivity contribution in [3.05, 3.63) is 23.8 Å². The van der Waals surface area contributed by atoms with E-state index in [1.165, 1.54) is 0 Å². The molecule has 4 nitrogen and oxygen atoms in total. The summed E-state index contributed by atoms with van der Waals surface area (Å²) in [5.74, 6) is -0.155. The molecule has 1 amide bonds. The lowest BCUT2D eigenvalue weighted by Gasteiger charge is -2.24. The molecular weight excluding hydrogens is 228 g/mol. The molecular formula is C14H22N2O2. The van der Waals surface area contributed by atoms with Crippen molar-refractivity contribution in [3.8, 4) is 0 Å². The highest BCUT2D eigenvalue weighted by molar-refractivity contribution is 5.94. The van der Waals surface area contributed by atoms with E-state index < -0.39 is 6.10 Å². The van der Waals surface area contributed by atoms with E-state index in [2.05, 4.69) is 5.32 Å². The van der Waals surface area contributed by atoms with Crippen molar-refractivity contribution in [3.63, 3.8) is 0 Å². The molecule has 0 aliphatic rings. The fourth-order valence-electron chi connectivity index (χ4n) is 1.65. The first-order chi connectivity index (χ1) is 8.19. The van der Waals surface area contributed by atoms with Crippen molar-refractivity contribution >= 4 is 17.3 Å². The van der Waals surface area contributed by atoms with Crippen LogP contribution < -0.4 is 11.1 Å². The Bertz CT molecular complexity index is 436. The fourth-order valence-corrected chi connectivity index (χ4v) is 1.65. The van der Waals surface area contributed by atoms with Crippen LogP contribution >= 0.6 is 0 Å². The Balaban J connectivity index is 2.70. The summed E-state index contributed by atoms with van der Waals surface area (Å²) in [7, 11) is 0. The number of rotatable bonds is 3. The van der Waals surface area contributed by atoms with Gasteiger partial charge in [0.05, 0.1) is 5.60 Å². The van der Waals surface area contributed by atoms with Gasteiger partial charge in [-0.15, -0.1) is 0 Å². The van der Waals surface area contributed by atoms with E-state index in [9.17, 15) is 4.79 Å². The van der Waals surface area contributed by atoms with Crippen LogP contribution in [0.5, 0.6) is 0 Å². The van der Waals surface area contributed by atoms with Gasteiger partial charge in [-0.2, -0.15) is 0 Å². The van der Waals surface area contributed by atoms with E-state index in [1.54, 1.807) is 19.1 Å². The topological polar surface area (TPSA) is 64.3 Å². The molecule has 0 spiro atoms. The Kier molecular flexibility index (Phi) is 4.35. The molecule has 1 unspecified atom stereocenters. The minimum atomic E-state index is -0.498. The number of carbonyl (C=O) groups is 1. The molecule has 1 atom stereocenters. The highest BCUT2D eigenvalue weighted by Gasteiger charge is 2.21. The van der Waals surface area contributed by atoms with E-state index in [0.29, 0.717) is 5.69 Å². The summed E-state index contributed by atoms with van der Waals surface area (Å²) in [5.41, 5.74) is 7.71. The normalized spacial score (nSPS) is 13.2. The second-order valence-corrected chi connectivity index (χ2v) is 5.44. The van der Waals surface area contributed by atoms with Gasteiger partial charge in [0, 0.05) is 11.4 Å². The third-order valence-corrected chi connectivity index (χ3v) is 2.41. The first-order valence-corrected chi connectivity index (χ1v) is 6.04. The van der Waals surface area contributed by atoms with Crippen molar-refractivity contribution in [1.29, 1.82) is 0 Å². The summed E-state index contributed by atoms with van der Waals surface area (Å²) < 4.78 is 5.60. The van der Waals surface area contributed by atoms with Gasteiger partial charge in [0.15, 0.2) is 0 Å². The molecule has 18 heavy (non-hydrogen) atoms. The predicted molar refractivity (Wildman–Crippen MR) is 74.5 cm³/mol. The molecule has 0 aromatic heterocycles. The lowest BCUT2D eigenvalue weighted by molar-refractivity contribution is -0.135. The number of nitrogens with two attached hydrogens (primary N) is 1. The van der Waals surface area contributed by atoms with Crippen molar-refractivity contribution in [2.24, 2.45) is 0 Å². The average Bonchev–Trinajstić information content (AvgIpc) is 2.19. The van der Waals surface area contributed by atoms with E-state index in [-0.39, 0.29) is 11.5 Å². The Hall–Kier alpha value is -1.55. The van der Waals surface area contributed by atoms with Gasteiger partial charge in [-0.3, -0.25) is 4.79 Å². The van der Waals surface area contributed by atoms with Crippen LogP contribution in [0.1, 0.15) is 33.3 Å². The maximum Gasteiger partial charge on any atom is 0.253 e. The zero-order valence-corrected chi connectivity index (χ0v) is 11.7. The van der Waals surface area contributed by atoms with Gasteiger partial charge in [-0.25, -0.2) is 0 Å². The fraction of sp³-hybridized carbons (Fsp3) is 0.500. The molecule has 100 valence electrons. The number of nitrogen functional groups attached to an aromatic ring is 1. The Labute approximate surface area is 109 Å². The molecule has 0 fully saturated rings. The molecule has 1 aromatic rings. The van der Waals surface area contributed by atoms with Crippen LogP contribution in [0.25, 0.3) is 0 Å². The monoisotopic (exact) mass is 250 g/mol. The molecule has 1 aromatic carbocycles. The van der Waals surface area contributed by atoms with Crippen LogP contribution in [0, 0.1) is 6.92 Å². The number of anilines is 2. The SMILES string of the molecule is Cc1cc(N)ccc1NC(=O)C(C)OC(C)(C)C. The number of hydrogen-bond acceptors (Lipinski definition) is 3. The van der Waals surface area contributed by atoms with Gasteiger partial charge in [0.2, 0.25) is 0 Å². The second-order valence-electron chi connectivity index (χ2n) is 5.44. The maximum absolute atomic E-state index is 12.0. The van der Waals surface area contributed by atoms with Crippen molar-refractivity contribution < 1.29 is 9.53 Å². The molecule has 0 saturated heterocycles. The van der Waals surface area contributed by atoms with Crippen molar-refractivity contribution in [2.75, 3.05) is 11.1 Å². The van der Waals surface area contributed by atoms with Crippen LogP contribution in [-0.4, -0.2) is 17.6 Å². The molecule has 0 heterocycles. The van der Waals surface area contributed by atoms with Gasteiger partial charge in [0.25, 0.3) is 5.91 Å². The number of benzene rings is 1. The Morgan fingerprint density at radius 1 is 1.39 bits per heavy atom. The first-order valence-electron chi connectivity index (χ1n) is 6.04. The van der Waals surface area contributed by atoms with Crippen LogP contribution in [0.4, 0.5) is 11.4 Å². The highest BCUT2D eigenvalue weighted by atomic mass is 16.5. The molecule has 0 radical (unpaired) electrons. The summed E-state index contributed by atoms with van der Waals surface area (Å²) in [6.07, 6.45) is -0.498. The number of aryl methyl sites for hydroxylation is 1. The highest BCUT2D eigenvalue weighted by Crippen LogP contribution is 2.19. The zero-order chi connectivity index (χ0) is 13.9. The standard InChI is InChI=1S/C14H22N2O2/c1-9-8-11(15)6-7-12(9)16-13(17)10(2)18-14(3,4)5/h6-8,10H,15H2,1-5H3,(H,16,17). The quantitative estimate of drug-likeness (QED) is 0.811. The molecule has 0 bridgehead atoms. The van der Waals surface area contributed by atoms with E-state index >= 15 is 0 Å². The van der Waals surface area contributed by atoms with E-state index in [1.807, 2.05) is 33.8 Å². The number of nitrogens with one attached hydrogen (secondary N) is 1. The van der Waals surface area contributed by atoms with Gasteiger partial charge < -0.3 is 15.8 Å². The summed E-state index contributed by atoms with van der Waals surface area (Å²) in [6.45, 7) is 9.41. The van der Waals surface area contributed by atoms with E-state index in [0.717, 1.165) is 11.3 Å². The number of ether oxygens (including phenoxy) is 1. The minimum absolute atomic E-state index is 0.155. The lowest BCUT2D eigenvalue weighted by atomic mass is 10.1. The van der Waals surface area contributed by atoms with Gasteiger partial charge >= 0.3 is 0 Å². The van der Waals surface area contributed by atoms with E-state index in [4.69, 9.17) is 10.5 Å². The number of hydrogen-bond donors (Lipinski definition) is 2. The minimum Gasteiger partial charge on any atom is -0.399 e. The summed E-state index contributed by atoms with van der Waals surface area (Å²) >= 11 is 0. The largest absolute Gasteiger partial charge is 0.399 e.